The largest absolute Gasteiger partial charge is 0.478 e. The molecule has 0 aliphatic heterocycles. The van der Waals surface area contributed by atoms with E-state index in [1.54, 1.807) is 0 Å². The molecule has 1 aromatic rings. The fourth-order valence-electron chi connectivity index (χ4n) is 1.11. The van der Waals surface area contributed by atoms with E-state index in [4.69, 9.17) is 10.2 Å². The van der Waals surface area contributed by atoms with Crippen molar-refractivity contribution in [3.05, 3.63) is 35.4 Å². The predicted molar refractivity (Wildman–Crippen MR) is 49.0 cm³/mol. The number of hydrogen-bond acceptors (Lipinski definition) is 2. The second-order valence-electron chi connectivity index (χ2n) is 2.91. The van der Waals surface area contributed by atoms with Gasteiger partial charge in [0, 0.05) is 13.0 Å². The molecule has 1 atom stereocenters. The number of carboxylic acid groups (broad SMARTS) is 1. The lowest BCUT2D eigenvalue weighted by molar-refractivity contribution is 0.0696. The highest BCUT2D eigenvalue weighted by Crippen LogP contribution is 2.20. The van der Waals surface area contributed by atoms with Crippen LogP contribution in [0.1, 0.15) is 28.5 Å². The summed E-state index contributed by atoms with van der Waals surface area (Å²) in [4.78, 5) is 10.5. The summed E-state index contributed by atoms with van der Waals surface area (Å²) in [5.74, 6) is -1.03. The topological polar surface area (TPSA) is 57.5 Å². The molecule has 2 N–H and O–H groups in total. The summed E-state index contributed by atoms with van der Waals surface area (Å²) >= 11 is 0. The monoisotopic (exact) mass is 198 g/mol. The highest BCUT2D eigenvalue weighted by molar-refractivity contribution is 5.87. The third kappa shape index (κ3) is 2.53. The number of alkyl halides is 1. The third-order valence-electron chi connectivity index (χ3n) is 1.90. The fourth-order valence-corrected chi connectivity index (χ4v) is 1.11. The van der Waals surface area contributed by atoms with Crippen LogP contribution in [0, 0.1) is 0 Å². The maximum Gasteiger partial charge on any atom is 0.335 e. The first-order valence-electron chi connectivity index (χ1n) is 4.23. The van der Waals surface area contributed by atoms with Crippen molar-refractivity contribution in [2.75, 3.05) is 6.61 Å². The lowest BCUT2D eigenvalue weighted by atomic mass is 10.1. The van der Waals surface area contributed by atoms with Gasteiger partial charge < -0.3 is 10.2 Å². The number of aliphatic hydroxyl groups excluding tert-OH is 1. The van der Waals surface area contributed by atoms with E-state index in [0.717, 1.165) is 0 Å². The summed E-state index contributed by atoms with van der Waals surface area (Å²) < 4.78 is 13.2. The molecule has 3 nitrogen and oxygen atoms in total. The Morgan fingerprint density at radius 1 is 1.36 bits per heavy atom. The fraction of sp³-hybridized carbons (Fsp3) is 0.300. The summed E-state index contributed by atoms with van der Waals surface area (Å²) in [6.45, 7) is -0.220. The molecule has 0 spiro atoms. The van der Waals surface area contributed by atoms with Crippen LogP contribution in [0.4, 0.5) is 4.39 Å². The number of halogens is 1. The average Bonchev–Trinajstić information content (AvgIpc) is 2.18. The van der Waals surface area contributed by atoms with Crippen LogP contribution in [0.2, 0.25) is 0 Å². The van der Waals surface area contributed by atoms with Crippen LogP contribution in [0.15, 0.2) is 24.3 Å². The normalized spacial score (nSPS) is 12.4. The molecule has 14 heavy (non-hydrogen) atoms. The SMILES string of the molecule is O=C(O)c1ccc(C(F)CCO)cc1. The van der Waals surface area contributed by atoms with Gasteiger partial charge in [-0.3, -0.25) is 0 Å². The summed E-state index contributed by atoms with van der Waals surface area (Å²) in [5, 5.41) is 17.1. The van der Waals surface area contributed by atoms with Crippen LogP contribution in [0.3, 0.4) is 0 Å². The van der Waals surface area contributed by atoms with Gasteiger partial charge in [-0.2, -0.15) is 0 Å². The number of carboxylic acids is 1. The predicted octanol–water partition coefficient (Wildman–Crippen LogP) is 1.78. The molecule has 1 rings (SSSR count). The smallest absolute Gasteiger partial charge is 0.335 e. The van der Waals surface area contributed by atoms with Crippen LogP contribution >= 0.6 is 0 Å². The van der Waals surface area contributed by atoms with E-state index >= 15 is 0 Å². The number of benzene rings is 1. The van der Waals surface area contributed by atoms with Gasteiger partial charge in [0.15, 0.2) is 0 Å². The molecule has 1 aromatic carbocycles. The van der Waals surface area contributed by atoms with Gasteiger partial charge in [-0.15, -0.1) is 0 Å². The molecule has 0 amide bonds. The Morgan fingerprint density at radius 2 is 1.93 bits per heavy atom. The van der Waals surface area contributed by atoms with Crippen LogP contribution in [0.5, 0.6) is 0 Å². The summed E-state index contributed by atoms with van der Waals surface area (Å²) in [6.07, 6.45) is -1.20. The number of rotatable bonds is 4. The molecular formula is C10H11FO3. The molecule has 0 heterocycles. The van der Waals surface area contributed by atoms with E-state index in [1.807, 2.05) is 0 Å². The highest BCUT2D eigenvalue weighted by Gasteiger charge is 2.09. The molecule has 0 aliphatic rings. The van der Waals surface area contributed by atoms with E-state index < -0.39 is 12.1 Å². The Hall–Kier alpha value is -1.42. The van der Waals surface area contributed by atoms with Crippen molar-refractivity contribution in [2.45, 2.75) is 12.6 Å². The van der Waals surface area contributed by atoms with E-state index in [-0.39, 0.29) is 18.6 Å². The van der Waals surface area contributed by atoms with Gasteiger partial charge in [0.25, 0.3) is 0 Å². The molecule has 4 heteroatoms. The molecule has 76 valence electrons. The van der Waals surface area contributed by atoms with Crippen LogP contribution in [-0.2, 0) is 0 Å². The summed E-state index contributed by atoms with van der Waals surface area (Å²) in [5.41, 5.74) is 0.522. The van der Waals surface area contributed by atoms with Gasteiger partial charge >= 0.3 is 5.97 Å². The van der Waals surface area contributed by atoms with Crippen molar-refractivity contribution in [3.63, 3.8) is 0 Å². The molecule has 0 saturated heterocycles. The van der Waals surface area contributed by atoms with Gasteiger partial charge in [-0.1, -0.05) is 12.1 Å². The van der Waals surface area contributed by atoms with Crippen molar-refractivity contribution < 1.29 is 19.4 Å². The van der Waals surface area contributed by atoms with Gasteiger partial charge in [0.1, 0.15) is 6.17 Å². The van der Waals surface area contributed by atoms with Crippen molar-refractivity contribution in [1.82, 2.24) is 0 Å². The second kappa shape index (κ2) is 4.72. The Kier molecular flexibility index (Phi) is 3.59. The van der Waals surface area contributed by atoms with Gasteiger partial charge in [0.2, 0.25) is 0 Å². The van der Waals surface area contributed by atoms with E-state index in [0.29, 0.717) is 5.56 Å². The number of aromatic carboxylic acids is 1. The molecule has 0 aromatic heterocycles. The number of carbonyl (C=O) groups is 1. The van der Waals surface area contributed by atoms with Gasteiger partial charge in [-0.05, 0) is 17.7 Å². The second-order valence-corrected chi connectivity index (χ2v) is 2.91. The van der Waals surface area contributed by atoms with Crippen molar-refractivity contribution in [2.24, 2.45) is 0 Å². The molecule has 0 radical (unpaired) electrons. The molecular weight excluding hydrogens is 187 g/mol. The molecule has 0 fully saturated rings. The lowest BCUT2D eigenvalue weighted by Crippen LogP contribution is -1.98. The molecule has 0 bridgehead atoms. The first-order valence-corrected chi connectivity index (χ1v) is 4.23. The quantitative estimate of drug-likeness (QED) is 0.775. The lowest BCUT2D eigenvalue weighted by Gasteiger charge is -2.06. The first kappa shape index (κ1) is 10.7. The standard InChI is InChI=1S/C10H11FO3/c11-9(5-6-12)7-1-3-8(4-2-7)10(13)14/h1-4,9,12H,5-6H2,(H,13,14). The van der Waals surface area contributed by atoms with Crippen molar-refractivity contribution in [3.8, 4) is 0 Å². The zero-order chi connectivity index (χ0) is 10.6. The molecule has 1 unspecified atom stereocenters. The van der Waals surface area contributed by atoms with E-state index in [9.17, 15) is 9.18 Å². The average molecular weight is 198 g/mol. The Labute approximate surface area is 80.8 Å². The maximum absolute atomic E-state index is 13.2. The summed E-state index contributed by atoms with van der Waals surface area (Å²) in [6, 6.07) is 5.54. The number of hydrogen-bond donors (Lipinski definition) is 2. The van der Waals surface area contributed by atoms with Gasteiger partial charge in [0.05, 0.1) is 5.56 Å². The minimum absolute atomic E-state index is 0.0341. The van der Waals surface area contributed by atoms with Crippen LogP contribution < -0.4 is 0 Å². The van der Waals surface area contributed by atoms with Gasteiger partial charge in [-0.25, -0.2) is 9.18 Å². The Balaban J connectivity index is 2.77. The maximum atomic E-state index is 13.2. The highest BCUT2D eigenvalue weighted by atomic mass is 19.1. The van der Waals surface area contributed by atoms with Crippen LogP contribution in [0.25, 0.3) is 0 Å². The van der Waals surface area contributed by atoms with Crippen molar-refractivity contribution in [1.29, 1.82) is 0 Å². The van der Waals surface area contributed by atoms with Crippen LogP contribution in [-0.4, -0.2) is 22.8 Å². The third-order valence-corrected chi connectivity index (χ3v) is 1.90. The molecule has 0 saturated carbocycles. The minimum atomic E-state index is -1.23. The van der Waals surface area contributed by atoms with E-state index in [2.05, 4.69) is 0 Å². The first-order chi connectivity index (χ1) is 6.65. The van der Waals surface area contributed by atoms with Crippen molar-refractivity contribution >= 4 is 5.97 Å². The Morgan fingerprint density at radius 3 is 2.36 bits per heavy atom. The zero-order valence-corrected chi connectivity index (χ0v) is 7.48. The Bertz CT molecular complexity index is 308. The minimum Gasteiger partial charge on any atom is -0.478 e. The number of aliphatic hydroxyl groups is 1. The molecule has 0 aliphatic carbocycles. The zero-order valence-electron chi connectivity index (χ0n) is 7.48. The summed E-state index contributed by atoms with van der Waals surface area (Å²) in [7, 11) is 0. The van der Waals surface area contributed by atoms with E-state index in [1.165, 1.54) is 24.3 Å².